The van der Waals surface area contributed by atoms with E-state index in [2.05, 4.69) is 0 Å². The van der Waals surface area contributed by atoms with Crippen molar-refractivity contribution in [3.05, 3.63) is 35.9 Å². The van der Waals surface area contributed by atoms with Gasteiger partial charge in [-0.25, -0.2) is 0 Å². The Morgan fingerprint density at radius 3 is 2.12 bits per heavy atom. The lowest BCUT2D eigenvalue weighted by molar-refractivity contribution is 0.356. The van der Waals surface area contributed by atoms with Gasteiger partial charge in [-0.05, 0) is 29.0 Å². The van der Waals surface area contributed by atoms with Crippen molar-refractivity contribution >= 4 is 16.6 Å². The summed E-state index contributed by atoms with van der Waals surface area (Å²) in [5.41, 5.74) is 6.16. The number of amidine groups is 1. The van der Waals surface area contributed by atoms with Gasteiger partial charge in [-0.3, -0.25) is 5.41 Å². The number of nitrogens with one attached hydrogen (secondary N) is 1. The first-order valence-corrected chi connectivity index (χ1v) is 5.16. The van der Waals surface area contributed by atoms with Crippen LogP contribution in [0.25, 0.3) is 10.8 Å². The zero-order valence-corrected chi connectivity index (χ0v) is 9.78. The molecule has 0 fully saturated rings. The molecule has 0 saturated carbocycles. The first-order chi connectivity index (χ1) is 8.15. The van der Waals surface area contributed by atoms with Crippen molar-refractivity contribution in [3.63, 3.8) is 0 Å². The fourth-order valence-corrected chi connectivity index (χ4v) is 1.74. The lowest BCUT2D eigenvalue weighted by Gasteiger charge is -2.09. The summed E-state index contributed by atoms with van der Waals surface area (Å²) < 4.78 is 10.5. The summed E-state index contributed by atoms with van der Waals surface area (Å²) in [6, 6.07) is 9.36. The van der Waals surface area contributed by atoms with E-state index in [9.17, 15) is 0 Å². The number of fused-ring (bicyclic) bond motifs is 1. The van der Waals surface area contributed by atoms with Gasteiger partial charge in [-0.1, -0.05) is 12.1 Å². The van der Waals surface area contributed by atoms with Gasteiger partial charge in [0.1, 0.15) is 5.84 Å². The van der Waals surface area contributed by atoms with E-state index in [1.165, 1.54) is 0 Å². The van der Waals surface area contributed by atoms with Gasteiger partial charge in [0.2, 0.25) is 0 Å². The minimum Gasteiger partial charge on any atom is -0.493 e. The number of nitrogen functional groups attached to an aromatic ring is 1. The summed E-state index contributed by atoms with van der Waals surface area (Å²) in [5.74, 6) is 1.41. The Morgan fingerprint density at radius 1 is 1.00 bits per heavy atom. The molecular formula is C13H14N2O2. The van der Waals surface area contributed by atoms with Crippen LogP contribution in [0.1, 0.15) is 5.56 Å². The molecule has 0 aliphatic rings. The van der Waals surface area contributed by atoms with E-state index >= 15 is 0 Å². The predicted molar refractivity (Wildman–Crippen MR) is 68.1 cm³/mol. The molecule has 0 saturated heterocycles. The van der Waals surface area contributed by atoms with Gasteiger partial charge < -0.3 is 15.2 Å². The number of methoxy groups -OCH3 is 2. The molecule has 2 aromatic rings. The summed E-state index contributed by atoms with van der Waals surface area (Å²) >= 11 is 0. The van der Waals surface area contributed by atoms with Crippen LogP contribution in [0, 0.1) is 5.41 Å². The molecule has 0 spiro atoms. The van der Waals surface area contributed by atoms with Crippen LogP contribution >= 0.6 is 0 Å². The van der Waals surface area contributed by atoms with Crippen LogP contribution in [-0.4, -0.2) is 20.1 Å². The summed E-state index contributed by atoms with van der Waals surface area (Å²) in [7, 11) is 3.20. The van der Waals surface area contributed by atoms with Gasteiger partial charge >= 0.3 is 0 Å². The van der Waals surface area contributed by atoms with Crippen LogP contribution < -0.4 is 15.2 Å². The van der Waals surface area contributed by atoms with Crippen molar-refractivity contribution in [2.24, 2.45) is 5.73 Å². The number of benzene rings is 2. The molecule has 88 valence electrons. The molecule has 0 amide bonds. The van der Waals surface area contributed by atoms with Crippen LogP contribution in [0.4, 0.5) is 0 Å². The normalized spacial score (nSPS) is 10.2. The van der Waals surface area contributed by atoms with Gasteiger partial charge in [0, 0.05) is 5.56 Å². The molecule has 0 aromatic heterocycles. The van der Waals surface area contributed by atoms with Gasteiger partial charge in [0.15, 0.2) is 11.5 Å². The largest absolute Gasteiger partial charge is 0.493 e. The highest BCUT2D eigenvalue weighted by Gasteiger charge is 2.06. The summed E-state index contributed by atoms with van der Waals surface area (Å²) in [6.45, 7) is 0. The molecule has 0 aliphatic carbocycles. The van der Waals surface area contributed by atoms with Crippen molar-refractivity contribution in [2.75, 3.05) is 14.2 Å². The Balaban J connectivity index is 2.66. The van der Waals surface area contributed by atoms with Crippen molar-refractivity contribution in [2.45, 2.75) is 0 Å². The summed E-state index contributed by atoms with van der Waals surface area (Å²) in [4.78, 5) is 0. The smallest absolute Gasteiger partial charge is 0.161 e. The van der Waals surface area contributed by atoms with E-state index in [0.29, 0.717) is 17.1 Å². The van der Waals surface area contributed by atoms with Crippen molar-refractivity contribution in [3.8, 4) is 11.5 Å². The van der Waals surface area contributed by atoms with Gasteiger partial charge in [-0.2, -0.15) is 0 Å². The van der Waals surface area contributed by atoms with E-state index < -0.39 is 0 Å². The molecule has 2 rings (SSSR count). The lowest BCUT2D eigenvalue weighted by atomic mass is 10.1. The van der Waals surface area contributed by atoms with E-state index in [1.807, 2.05) is 30.3 Å². The standard InChI is InChI=1S/C13H14N2O2/c1-16-11-6-8-3-4-9(13(14)15)5-10(8)7-12(11)17-2/h3-7H,1-2H3,(H3,14,15). The average molecular weight is 230 g/mol. The monoisotopic (exact) mass is 230 g/mol. The summed E-state index contributed by atoms with van der Waals surface area (Å²) in [5, 5.41) is 9.40. The van der Waals surface area contributed by atoms with Crippen LogP contribution in [0.5, 0.6) is 11.5 Å². The Kier molecular flexibility index (Phi) is 2.87. The second-order valence-corrected chi connectivity index (χ2v) is 3.68. The fourth-order valence-electron chi connectivity index (χ4n) is 1.74. The predicted octanol–water partition coefficient (Wildman–Crippen LogP) is 2.14. The molecule has 0 aliphatic heterocycles. The minimum atomic E-state index is 0.0571. The zero-order chi connectivity index (χ0) is 12.4. The van der Waals surface area contributed by atoms with E-state index in [4.69, 9.17) is 20.6 Å². The second-order valence-electron chi connectivity index (χ2n) is 3.68. The molecule has 0 heterocycles. The molecule has 4 heteroatoms. The average Bonchev–Trinajstić information content (AvgIpc) is 2.36. The van der Waals surface area contributed by atoms with Crippen LogP contribution in [0.15, 0.2) is 30.3 Å². The van der Waals surface area contributed by atoms with Crippen LogP contribution in [-0.2, 0) is 0 Å². The molecule has 2 aromatic carbocycles. The highest BCUT2D eigenvalue weighted by molar-refractivity contribution is 5.99. The Morgan fingerprint density at radius 2 is 1.59 bits per heavy atom. The topological polar surface area (TPSA) is 68.3 Å². The van der Waals surface area contributed by atoms with E-state index in [1.54, 1.807) is 14.2 Å². The van der Waals surface area contributed by atoms with Crippen molar-refractivity contribution < 1.29 is 9.47 Å². The third kappa shape index (κ3) is 2.01. The molecule has 17 heavy (non-hydrogen) atoms. The van der Waals surface area contributed by atoms with Crippen molar-refractivity contribution in [1.82, 2.24) is 0 Å². The van der Waals surface area contributed by atoms with Crippen molar-refractivity contribution in [1.29, 1.82) is 5.41 Å². The van der Waals surface area contributed by atoms with Gasteiger partial charge in [0.05, 0.1) is 14.2 Å². The maximum atomic E-state index is 7.41. The number of hydrogen-bond donors (Lipinski definition) is 2. The lowest BCUT2D eigenvalue weighted by Crippen LogP contribution is -2.10. The molecule has 0 unspecified atom stereocenters. The molecule has 4 nitrogen and oxygen atoms in total. The summed E-state index contributed by atoms with van der Waals surface area (Å²) in [6.07, 6.45) is 0. The third-order valence-corrected chi connectivity index (χ3v) is 2.65. The van der Waals surface area contributed by atoms with Gasteiger partial charge in [-0.15, -0.1) is 0 Å². The molecular weight excluding hydrogens is 216 g/mol. The highest BCUT2D eigenvalue weighted by atomic mass is 16.5. The Hall–Kier alpha value is -2.23. The van der Waals surface area contributed by atoms with Crippen LogP contribution in [0.2, 0.25) is 0 Å². The number of hydrogen-bond acceptors (Lipinski definition) is 3. The van der Waals surface area contributed by atoms with Crippen LogP contribution in [0.3, 0.4) is 0 Å². The van der Waals surface area contributed by atoms with E-state index in [-0.39, 0.29) is 5.84 Å². The Labute approximate surface area is 99.5 Å². The first-order valence-electron chi connectivity index (χ1n) is 5.16. The molecule has 3 N–H and O–H groups in total. The molecule has 0 bridgehead atoms. The first kappa shape index (κ1) is 11.3. The number of nitrogens with two attached hydrogens (primary N) is 1. The highest BCUT2D eigenvalue weighted by Crippen LogP contribution is 2.32. The maximum Gasteiger partial charge on any atom is 0.161 e. The zero-order valence-electron chi connectivity index (χ0n) is 9.78. The number of ether oxygens (including phenoxy) is 2. The second kappa shape index (κ2) is 4.33. The van der Waals surface area contributed by atoms with Gasteiger partial charge in [0.25, 0.3) is 0 Å². The quantitative estimate of drug-likeness (QED) is 0.627. The third-order valence-electron chi connectivity index (χ3n) is 2.65. The van der Waals surface area contributed by atoms with E-state index in [0.717, 1.165) is 10.8 Å². The SMILES string of the molecule is COc1cc2ccc(C(=N)N)cc2cc1OC. The Bertz CT molecular complexity index is 579. The number of rotatable bonds is 3. The molecule has 0 atom stereocenters. The minimum absolute atomic E-state index is 0.0571. The fraction of sp³-hybridized carbons (Fsp3) is 0.154. The maximum absolute atomic E-state index is 7.41. The molecule has 0 radical (unpaired) electrons.